The Labute approximate surface area is 108 Å². The van der Waals surface area contributed by atoms with Crippen LogP contribution in [0.25, 0.3) is 0 Å². The van der Waals surface area contributed by atoms with Gasteiger partial charge in [0, 0.05) is 12.0 Å². The van der Waals surface area contributed by atoms with Crippen LogP contribution < -0.4 is 0 Å². The van der Waals surface area contributed by atoms with E-state index in [1.807, 2.05) is 0 Å². The first kappa shape index (κ1) is 13.6. The molecule has 4 nitrogen and oxygen atoms in total. The van der Waals surface area contributed by atoms with Crippen molar-refractivity contribution in [2.75, 3.05) is 6.61 Å². The average Bonchev–Trinajstić information content (AvgIpc) is 2.38. The van der Waals surface area contributed by atoms with Gasteiger partial charge >= 0.3 is 5.97 Å². The number of carbonyl (C=O) groups is 2. The summed E-state index contributed by atoms with van der Waals surface area (Å²) in [5.41, 5.74) is -0.309. The fourth-order valence-corrected chi connectivity index (χ4v) is 2.09. The molecule has 102 valence electrons. The first-order valence-electron chi connectivity index (χ1n) is 6.06. The van der Waals surface area contributed by atoms with Crippen molar-refractivity contribution >= 4 is 11.8 Å². The number of aryl methyl sites for hydroxylation is 1. The molecule has 1 aliphatic rings. The van der Waals surface area contributed by atoms with Crippen molar-refractivity contribution < 1.29 is 23.1 Å². The van der Waals surface area contributed by atoms with Crippen molar-refractivity contribution in [2.45, 2.75) is 32.6 Å². The lowest BCUT2D eigenvalue weighted by Crippen LogP contribution is -2.18. The molecule has 0 saturated carbocycles. The minimum Gasteiger partial charge on any atom is -0.462 e. The Morgan fingerprint density at radius 2 is 2.21 bits per heavy atom. The van der Waals surface area contributed by atoms with Crippen molar-refractivity contribution in [2.24, 2.45) is 0 Å². The van der Waals surface area contributed by atoms with Crippen LogP contribution in [0.2, 0.25) is 0 Å². The summed E-state index contributed by atoms with van der Waals surface area (Å²) in [7, 11) is 0. The van der Waals surface area contributed by atoms with E-state index in [1.165, 1.54) is 6.07 Å². The number of carbonyl (C=O) groups excluding carboxylic acids is 2. The number of pyridine rings is 1. The number of halogens is 2. The third-order valence-corrected chi connectivity index (χ3v) is 2.95. The van der Waals surface area contributed by atoms with Gasteiger partial charge in [-0.1, -0.05) is 0 Å². The van der Waals surface area contributed by atoms with Crippen molar-refractivity contribution in [1.29, 1.82) is 0 Å². The molecule has 0 atom stereocenters. The maximum Gasteiger partial charge on any atom is 0.340 e. The number of fused-ring (bicyclic) bond motifs is 1. The maximum atomic E-state index is 12.9. The van der Waals surface area contributed by atoms with Crippen molar-refractivity contribution in [1.82, 2.24) is 4.98 Å². The standard InChI is InChI=1S/C13H13F2NO3/c1-2-19-13(18)8-6-7-9(4-3-5-10(7)17)16-11(8)12(14)15/h6,12H,2-5H2,1H3. The van der Waals surface area contributed by atoms with E-state index in [9.17, 15) is 18.4 Å². The molecule has 1 aromatic rings. The molecule has 0 aromatic carbocycles. The highest BCUT2D eigenvalue weighted by Gasteiger charge is 2.27. The Hall–Kier alpha value is -1.85. The van der Waals surface area contributed by atoms with Gasteiger partial charge in [-0.25, -0.2) is 13.6 Å². The number of ketones is 1. The summed E-state index contributed by atoms with van der Waals surface area (Å²) in [6.07, 6.45) is -1.45. The molecule has 2 rings (SSSR count). The second-order valence-corrected chi connectivity index (χ2v) is 4.21. The van der Waals surface area contributed by atoms with Crippen LogP contribution in [0.3, 0.4) is 0 Å². The quantitative estimate of drug-likeness (QED) is 0.792. The first-order chi connectivity index (χ1) is 9.04. The van der Waals surface area contributed by atoms with Crippen LogP contribution in [0, 0.1) is 0 Å². The largest absolute Gasteiger partial charge is 0.462 e. The highest BCUT2D eigenvalue weighted by atomic mass is 19.3. The number of aromatic nitrogens is 1. The van der Waals surface area contributed by atoms with Crippen LogP contribution in [0.4, 0.5) is 8.78 Å². The van der Waals surface area contributed by atoms with Crippen LogP contribution in [-0.4, -0.2) is 23.3 Å². The molecule has 0 N–H and O–H groups in total. The summed E-state index contributed by atoms with van der Waals surface area (Å²) in [5, 5.41) is 0. The number of Topliss-reactive ketones (excluding diaryl/α,β-unsaturated/α-hetero) is 1. The van der Waals surface area contributed by atoms with E-state index >= 15 is 0 Å². The smallest absolute Gasteiger partial charge is 0.340 e. The van der Waals surface area contributed by atoms with Crippen LogP contribution in [0.15, 0.2) is 6.07 Å². The van der Waals surface area contributed by atoms with Crippen molar-refractivity contribution in [3.63, 3.8) is 0 Å². The van der Waals surface area contributed by atoms with Crippen LogP contribution in [0.5, 0.6) is 0 Å². The molecule has 0 aliphatic heterocycles. The predicted molar refractivity (Wildman–Crippen MR) is 62.4 cm³/mol. The van der Waals surface area contributed by atoms with Gasteiger partial charge in [-0.15, -0.1) is 0 Å². The van der Waals surface area contributed by atoms with Gasteiger partial charge < -0.3 is 4.74 Å². The second kappa shape index (κ2) is 5.42. The van der Waals surface area contributed by atoms with Crippen LogP contribution >= 0.6 is 0 Å². The molecule has 0 bridgehead atoms. The molecule has 0 saturated heterocycles. The zero-order chi connectivity index (χ0) is 14.0. The molecule has 1 aromatic heterocycles. The molecule has 0 spiro atoms. The van der Waals surface area contributed by atoms with E-state index < -0.39 is 18.1 Å². The fraction of sp³-hybridized carbons (Fsp3) is 0.462. The number of nitrogens with zero attached hydrogens (tertiary/aromatic N) is 1. The Balaban J connectivity index is 2.54. The number of rotatable bonds is 3. The van der Waals surface area contributed by atoms with Crippen molar-refractivity contribution in [3.8, 4) is 0 Å². The fourth-order valence-electron chi connectivity index (χ4n) is 2.09. The van der Waals surface area contributed by atoms with E-state index in [4.69, 9.17) is 4.74 Å². The van der Waals surface area contributed by atoms with E-state index in [0.717, 1.165) is 0 Å². The molecule has 0 fully saturated rings. The summed E-state index contributed by atoms with van der Waals surface area (Å²) < 4.78 is 30.6. The molecule has 0 radical (unpaired) electrons. The zero-order valence-electron chi connectivity index (χ0n) is 10.4. The van der Waals surface area contributed by atoms with Gasteiger partial charge in [0.2, 0.25) is 0 Å². The Bertz CT molecular complexity index is 529. The van der Waals surface area contributed by atoms with E-state index in [2.05, 4.69) is 4.98 Å². The van der Waals surface area contributed by atoms with E-state index in [1.54, 1.807) is 6.92 Å². The molecule has 0 amide bonds. The minimum atomic E-state index is -2.87. The predicted octanol–water partition coefficient (Wildman–Crippen LogP) is 2.71. The lowest BCUT2D eigenvalue weighted by atomic mass is 9.93. The average molecular weight is 269 g/mol. The van der Waals surface area contributed by atoms with Gasteiger partial charge in [-0.2, -0.15) is 0 Å². The molecule has 1 heterocycles. The summed E-state index contributed by atoms with van der Waals surface area (Å²) in [6.45, 7) is 1.66. The minimum absolute atomic E-state index is 0.0759. The lowest BCUT2D eigenvalue weighted by molar-refractivity contribution is 0.0513. The molecular weight excluding hydrogens is 256 g/mol. The molecule has 6 heteroatoms. The third-order valence-electron chi connectivity index (χ3n) is 2.95. The number of alkyl halides is 2. The van der Waals surface area contributed by atoms with Gasteiger partial charge in [0.25, 0.3) is 6.43 Å². The van der Waals surface area contributed by atoms with Crippen LogP contribution in [-0.2, 0) is 11.2 Å². The first-order valence-corrected chi connectivity index (χ1v) is 6.06. The van der Waals surface area contributed by atoms with Gasteiger partial charge in [0.05, 0.1) is 17.9 Å². The summed E-state index contributed by atoms with van der Waals surface area (Å²) in [5.74, 6) is -1.04. The van der Waals surface area contributed by atoms with Crippen molar-refractivity contribution in [3.05, 3.63) is 28.6 Å². The molecule has 1 aliphatic carbocycles. The number of hydrogen-bond donors (Lipinski definition) is 0. The second-order valence-electron chi connectivity index (χ2n) is 4.21. The van der Waals surface area contributed by atoms with Gasteiger partial charge in [0.1, 0.15) is 5.69 Å². The van der Waals surface area contributed by atoms with Gasteiger partial charge in [-0.3, -0.25) is 9.78 Å². The maximum absolute atomic E-state index is 12.9. The zero-order valence-corrected chi connectivity index (χ0v) is 10.4. The third kappa shape index (κ3) is 2.62. The molecule has 19 heavy (non-hydrogen) atoms. The van der Waals surface area contributed by atoms with Gasteiger partial charge in [0.15, 0.2) is 5.78 Å². The SMILES string of the molecule is CCOC(=O)c1cc2c(nc1C(F)F)CCCC2=O. The normalized spacial score (nSPS) is 14.4. The van der Waals surface area contributed by atoms with Gasteiger partial charge in [-0.05, 0) is 25.8 Å². The topological polar surface area (TPSA) is 56.3 Å². The highest BCUT2D eigenvalue weighted by Crippen LogP contribution is 2.28. The monoisotopic (exact) mass is 269 g/mol. The highest BCUT2D eigenvalue weighted by molar-refractivity contribution is 6.01. The summed E-state index contributed by atoms with van der Waals surface area (Å²) >= 11 is 0. The number of hydrogen-bond acceptors (Lipinski definition) is 4. The number of ether oxygens (including phenoxy) is 1. The Morgan fingerprint density at radius 3 is 2.84 bits per heavy atom. The summed E-state index contributed by atoms with van der Waals surface area (Å²) in [4.78, 5) is 27.2. The molecule has 0 unspecified atom stereocenters. The van der Waals surface area contributed by atoms with E-state index in [0.29, 0.717) is 25.0 Å². The molecular formula is C13H13F2NO3. The van der Waals surface area contributed by atoms with E-state index in [-0.39, 0.29) is 23.5 Å². The lowest BCUT2D eigenvalue weighted by Gasteiger charge is -2.17. The summed E-state index contributed by atoms with van der Waals surface area (Å²) in [6, 6.07) is 1.20. The Kier molecular flexibility index (Phi) is 3.87. The van der Waals surface area contributed by atoms with Crippen LogP contribution in [0.1, 0.15) is 58.3 Å². The number of esters is 1. The Morgan fingerprint density at radius 1 is 1.47 bits per heavy atom.